The second-order valence-corrected chi connectivity index (χ2v) is 8.01. The molecule has 0 spiro atoms. The SMILES string of the molecule is Cc1ccc(NC(=S)N(C)[C@H]2CCS(=O)(=O)C2)cc1C. The van der Waals surface area contributed by atoms with E-state index in [4.69, 9.17) is 12.2 Å². The molecule has 1 aromatic rings. The Hall–Kier alpha value is -1.14. The number of hydrogen-bond donors (Lipinski definition) is 1. The van der Waals surface area contributed by atoms with Gasteiger partial charge in [0.1, 0.15) is 0 Å². The van der Waals surface area contributed by atoms with Gasteiger partial charge in [-0.2, -0.15) is 0 Å². The molecular weight excluding hydrogens is 292 g/mol. The number of aryl methyl sites for hydroxylation is 2. The summed E-state index contributed by atoms with van der Waals surface area (Å²) in [5.74, 6) is 0.451. The van der Waals surface area contributed by atoms with Crippen molar-refractivity contribution < 1.29 is 8.42 Å². The summed E-state index contributed by atoms with van der Waals surface area (Å²) in [6.45, 7) is 4.11. The van der Waals surface area contributed by atoms with Crippen LogP contribution in [0, 0.1) is 13.8 Å². The number of rotatable bonds is 2. The van der Waals surface area contributed by atoms with Crippen molar-refractivity contribution in [2.24, 2.45) is 0 Å². The first kappa shape index (κ1) is 15.3. The van der Waals surface area contributed by atoms with E-state index in [2.05, 4.69) is 19.2 Å². The van der Waals surface area contributed by atoms with E-state index in [1.165, 1.54) is 11.1 Å². The smallest absolute Gasteiger partial charge is 0.173 e. The zero-order valence-corrected chi connectivity index (χ0v) is 13.6. The lowest BCUT2D eigenvalue weighted by Crippen LogP contribution is -2.40. The molecule has 1 atom stereocenters. The Morgan fingerprint density at radius 1 is 1.35 bits per heavy atom. The Morgan fingerprint density at radius 2 is 2.05 bits per heavy atom. The van der Waals surface area contributed by atoms with Crippen LogP contribution >= 0.6 is 12.2 Å². The third-order valence-corrected chi connectivity index (χ3v) is 5.98. The largest absolute Gasteiger partial charge is 0.348 e. The van der Waals surface area contributed by atoms with Crippen LogP contribution in [0.25, 0.3) is 0 Å². The Morgan fingerprint density at radius 3 is 2.60 bits per heavy atom. The highest BCUT2D eigenvalue weighted by atomic mass is 32.2. The summed E-state index contributed by atoms with van der Waals surface area (Å²) in [7, 11) is -1.04. The summed E-state index contributed by atoms with van der Waals surface area (Å²) >= 11 is 5.37. The van der Waals surface area contributed by atoms with Gasteiger partial charge in [-0.25, -0.2) is 8.42 Å². The van der Waals surface area contributed by atoms with E-state index in [9.17, 15) is 8.42 Å². The van der Waals surface area contributed by atoms with Crippen LogP contribution in [0.2, 0.25) is 0 Å². The molecule has 1 aliphatic heterocycles. The molecule has 1 saturated heterocycles. The van der Waals surface area contributed by atoms with Crippen LogP contribution < -0.4 is 5.32 Å². The lowest BCUT2D eigenvalue weighted by Gasteiger charge is -2.26. The Bertz CT molecular complexity index is 626. The molecule has 0 amide bonds. The topological polar surface area (TPSA) is 49.4 Å². The number of benzene rings is 1. The molecule has 0 unspecified atom stereocenters. The van der Waals surface area contributed by atoms with Crippen LogP contribution in [0.15, 0.2) is 18.2 Å². The van der Waals surface area contributed by atoms with Crippen molar-refractivity contribution in [3.8, 4) is 0 Å². The van der Waals surface area contributed by atoms with Crippen molar-refractivity contribution in [3.05, 3.63) is 29.3 Å². The summed E-state index contributed by atoms with van der Waals surface area (Å²) in [5, 5.41) is 3.74. The first-order chi connectivity index (χ1) is 9.28. The van der Waals surface area contributed by atoms with Crippen molar-refractivity contribution in [1.29, 1.82) is 0 Å². The fourth-order valence-corrected chi connectivity index (χ4v) is 4.32. The second kappa shape index (κ2) is 5.69. The predicted molar refractivity (Wildman–Crippen MR) is 87.0 cm³/mol. The van der Waals surface area contributed by atoms with Gasteiger partial charge in [0.2, 0.25) is 0 Å². The highest BCUT2D eigenvalue weighted by molar-refractivity contribution is 7.91. The molecule has 1 fully saturated rings. The molecule has 0 radical (unpaired) electrons. The quantitative estimate of drug-likeness (QED) is 0.848. The fraction of sp³-hybridized carbons (Fsp3) is 0.500. The van der Waals surface area contributed by atoms with Crippen LogP contribution in [-0.4, -0.2) is 43.0 Å². The van der Waals surface area contributed by atoms with Crippen LogP contribution in [0.4, 0.5) is 5.69 Å². The van der Waals surface area contributed by atoms with E-state index in [0.29, 0.717) is 11.5 Å². The maximum absolute atomic E-state index is 11.5. The van der Waals surface area contributed by atoms with Crippen molar-refractivity contribution in [2.45, 2.75) is 26.3 Å². The second-order valence-electron chi connectivity index (χ2n) is 5.40. The molecule has 2 rings (SSSR count). The normalized spacial score (nSPS) is 20.6. The summed E-state index contributed by atoms with van der Waals surface area (Å²) in [5.41, 5.74) is 3.37. The van der Waals surface area contributed by atoms with E-state index in [0.717, 1.165) is 5.69 Å². The van der Waals surface area contributed by atoms with Crippen molar-refractivity contribution in [2.75, 3.05) is 23.9 Å². The van der Waals surface area contributed by atoms with Gasteiger partial charge in [0, 0.05) is 18.8 Å². The standard InChI is InChI=1S/C14H20N2O2S2/c1-10-4-5-12(8-11(10)2)15-14(19)16(3)13-6-7-20(17,18)9-13/h4-5,8,13H,6-7,9H2,1-3H3,(H,15,19)/t13-/m0/s1. The maximum Gasteiger partial charge on any atom is 0.173 e. The Balaban J connectivity index is 2.02. The number of sulfone groups is 1. The number of nitrogens with zero attached hydrogens (tertiary/aromatic N) is 1. The van der Waals surface area contributed by atoms with Gasteiger partial charge in [-0.3, -0.25) is 0 Å². The molecule has 0 saturated carbocycles. The first-order valence-electron chi connectivity index (χ1n) is 6.60. The van der Waals surface area contributed by atoms with E-state index < -0.39 is 9.84 Å². The molecule has 1 aliphatic rings. The number of nitrogens with one attached hydrogen (secondary N) is 1. The average molecular weight is 312 g/mol. The zero-order valence-electron chi connectivity index (χ0n) is 12.0. The Kier molecular flexibility index (Phi) is 4.34. The van der Waals surface area contributed by atoms with Crippen LogP contribution in [0.1, 0.15) is 17.5 Å². The van der Waals surface area contributed by atoms with Gasteiger partial charge >= 0.3 is 0 Å². The maximum atomic E-state index is 11.5. The lowest BCUT2D eigenvalue weighted by atomic mass is 10.1. The van der Waals surface area contributed by atoms with Gasteiger partial charge in [0.05, 0.1) is 11.5 Å². The number of thiocarbonyl (C=S) groups is 1. The van der Waals surface area contributed by atoms with Gasteiger partial charge in [-0.05, 0) is 55.7 Å². The summed E-state index contributed by atoms with van der Waals surface area (Å²) < 4.78 is 23.0. The summed E-state index contributed by atoms with van der Waals surface area (Å²) in [4.78, 5) is 1.86. The van der Waals surface area contributed by atoms with Crippen LogP contribution in [-0.2, 0) is 9.84 Å². The van der Waals surface area contributed by atoms with Crippen LogP contribution in [0.3, 0.4) is 0 Å². The molecular formula is C14H20N2O2S2. The lowest BCUT2D eigenvalue weighted by molar-refractivity contribution is 0.402. The van der Waals surface area contributed by atoms with Crippen LogP contribution in [0.5, 0.6) is 0 Å². The van der Waals surface area contributed by atoms with Gasteiger partial charge < -0.3 is 10.2 Å². The number of hydrogen-bond acceptors (Lipinski definition) is 3. The van der Waals surface area contributed by atoms with Crippen molar-refractivity contribution >= 4 is 32.9 Å². The van der Waals surface area contributed by atoms with Gasteiger partial charge in [-0.15, -0.1) is 0 Å². The minimum absolute atomic E-state index is 0.0217. The average Bonchev–Trinajstić information content (AvgIpc) is 2.73. The predicted octanol–water partition coefficient (Wildman–Crippen LogP) is 2.12. The summed E-state index contributed by atoms with van der Waals surface area (Å²) in [6.07, 6.45) is 0.646. The molecule has 1 heterocycles. The first-order valence-corrected chi connectivity index (χ1v) is 8.83. The number of anilines is 1. The minimum atomic E-state index is -2.89. The zero-order chi connectivity index (χ0) is 14.9. The molecule has 0 bridgehead atoms. The monoisotopic (exact) mass is 312 g/mol. The van der Waals surface area contributed by atoms with E-state index >= 15 is 0 Å². The van der Waals surface area contributed by atoms with E-state index in [1.54, 1.807) is 0 Å². The molecule has 0 aliphatic carbocycles. The van der Waals surface area contributed by atoms with Gasteiger partial charge in [0.15, 0.2) is 14.9 Å². The summed E-state index contributed by atoms with van der Waals surface area (Å²) in [6, 6.07) is 6.04. The Labute approximate surface area is 126 Å². The van der Waals surface area contributed by atoms with E-state index in [1.807, 2.05) is 30.1 Å². The van der Waals surface area contributed by atoms with E-state index in [-0.39, 0.29) is 17.5 Å². The molecule has 20 heavy (non-hydrogen) atoms. The van der Waals surface area contributed by atoms with Gasteiger partial charge in [0.25, 0.3) is 0 Å². The molecule has 110 valence electrons. The fourth-order valence-electron chi connectivity index (χ4n) is 2.28. The minimum Gasteiger partial charge on any atom is -0.348 e. The molecule has 6 heteroatoms. The third kappa shape index (κ3) is 3.49. The molecule has 0 aromatic heterocycles. The van der Waals surface area contributed by atoms with Gasteiger partial charge in [-0.1, -0.05) is 6.07 Å². The van der Waals surface area contributed by atoms with Crippen molar-refractivity contribution in [1.82, 2.24) is 4.90 Å². The molecule has 4 nitrogen and oxygen atoms in total. The third-order valence-electron chi connectivity index (χ3n) is 3.83. The highest BCUT2D eigenvalue weighted by Crippen LogP contribution is 2.19. The van der Waals surface area contributed by atoms with Crippen molar-refractivity contribution in [3.63, 3.8) is 0 Å². The highest BCUT2D eigenvalue weighted by Gasteiger charge is 2.31. The molecule has 1 N–H and O–H groups in total. The molecule has 1 aromatic carbocycles.